The number of alkyl halides is 3. The molecule has 6 rings (SSSR count). The monoisotopic (exact) mass is 473 g/mol. The molecule has 4 aliphatic heterocycles. The Bertz CT molecular complexity index is 1100. The molecule has 13 heteroatoms. The first-order valence-corrected chi connectivity index (χ1v) is 10.4. The molecule has 1 N–H and O–H groups in total. The number of nitrogens with zero attached hydrogens (tertiary/aromatic N) is 4. The van der Waals surface area contributed by atoms with E-state index in [1.165, 1.54) is 18.0 Å². The molecule has 0 aliphatic carbocycles. The highest BCUT2D eigenvalue weighted by Gasteiger charge is 2.54. The minimum absolute atomic E-state index is 0.0145. The van der Waals surface area contributed by atoms with Gasteiger partial charge in [0, 0.05) is 26.2 Å². The molecule has 32 heavy (non-hydrogen) atoms. The summed E-state index contributed by atoms with van der Waals surface area (Å²) in [6.45, 7) is 3.32. The second kappa shape index (κ2) is 7.58. The summed E-state index contributed by atoms with van der Waals surface area (Å²) in [7, 11) is 0. The summed E-state index contributed by atoms with van der Waals surface area (Å²) in [5.41, 5.74) is -2.06. The van der Waals surface area contributed by atoms with Crippen LogP contribution in [0.4, 0.5) is 18.9 Å². The molecular formula is C19H19ClF3N5O4. The Labute approximate surface area is 185 Å². The van der Waals surface area contributed by atoms with Gasteiger partial charge in [-0.1, -0.05) is 11.6 Å². The number of hydrogen-bond donors (Lipinski definition) is 1. The van der Waals surface area contributed by atoms with Crippen molar-refractivity contribution in [1.29, 1.82) is 0 Å². The number of amides is 2. The summed E-state index contributed by atoms with van der Waals surface area (Å²) < 4.78 is 53.2. The third-order valence-electron chi connectivity index (χ3n) is 5.90. The van der Waals surface area contributed by atoms with E-state index in [0.29, 0.717) is 26.3 Å². The van der Waals surface area contributed by atoms with E-state index in [-0.39, 0.29) is 28.7 Å². The number of pyridine rings is 1. The molecule has 0 spiro atoms. The van der Waals surface area contributed by atoms with Crippen LogP contribution in [0.3, 0.4) is 0 Å². The van der Waals surface area contributed by atoms with Crippen LogP contribution in [0.5, 0.6) is 0 Å². The fourth-order valence-corrected chi connectivity index (χ4v) is 4.74. The number of carbonyl (C=O) groups excluding carboxylic acids is 2. The van der Waals surface area contributed by atoms with E-state index in [4.69, 9.17) is 21.1 Å². The van der Waals surface area contributed by atoms with Crippen molar-refractivity contribution in [2.24, 2.45) is 0 Å². The maximum Gasteiger partial charge on any atom is 0.420 e. The highest BCUT2D eigenvalue weighted by atomic mass is 35.5. The highest BCUT2D eigenvalue weighted by Crippen LogP contribution is 2.40. The molecule has 0 saturated carbocycles. The van der Waals surface area contributed by atoms with Crippen LogP contribution in [0.2, 0.25) is 5.15 Å². The molecule has 9 nitrogen and oxygen atoms in total. The number of fused-ring (bicyclic) bond motifs is 3. The molecule has 2 bridgehead atoms. The van der Waals surface area contributed by atoms with Crippen molar-refractivity contribution in [3.05, 3.63) is 28.7 Å². The molecule has 4 aliphatic rings. The van der Waals surface area contributed by atoms with E-state index in [1.54, 1.807) is 0 Å². The zero-order valence-electron chi connectivity index (χ0n) is 16.9. The Kier molecular flexibility index (Phi) is 5.08. The van der Waals surface area contributed by atoms with E-state index >= 15 is 0 Å². The summed E-state index contributed by atoms with van der Waals surface area (Å²) in [5, 5.41) is 2.04. The smallest absolute Gasteiger partial charge is 0.365 e. The molecular weight excluding hydrogens is 455 g/mol. The van der Waals surface area contributed by atoms with E-state index in [9.17, 15) is 22.8 Å². The molecule has 4 saturated heterocycles. The quantitative estimate of drug-likeness (QED) is 0.735. The first-order chi connectivity index (χ1) is 15.1. The summed E-state index contributed by atoms with van der Waals surface area (Å²) in [6, 6.07) is 0.723. The molecule has 0 aromatic carbocycles. The second-order valence-corrected chi connectivity index (χ2v) is 8.32. The molecule has 2 aromatic rings. The van der Waals surface area contributed by atoms with Gasteiger partial charge < -0.3 is 19.7 Å². The number of nitrogens with one attached hydrogen (secondary N) is 1. The highest BCUT2D eigenvalue weighted by molar-refractivity contribution is 6.33. The topological polar surface area (TPSA) is 88.4 Å². The molecule has 3 atom stereocenters. The lowest BCUT2D eigenvalue weighted by Gasteiger charge is -2.56. The minimum atomic E-state index is -4.78. The van der Waals surface area contributed by atoms with Gasteiger partial charge in [-0.25, -0.2) is 4.98 Å². The van der Waals surface area contributed by atoms with Gasteiger partial charge in [-0.15, -0.1) is 0 Å². The lowest BCUT2D eigenvalue weighted by Crippen LogP contribution is -2.72. The number of anilines is 1. The van der Waals surface area contributed by atoms with Gasteiger partial charge in [-0.2, -0.15) is 13.2 Å². The van der Waals surface area contributed by atoms with Crippen LogP contribution in [0.1, 0.15) is 29.4 Å². The average molecular weight is 474 g/mol. The van der Waals surface area contributed by atoms with Gasteiger partial charge in [-0.3, -0.25) is 18.9 Å². The Morgan fingerprint density at radius 2 is 2.09 bits per heavy atom. The van der Waals surface area contributed by atoms with Gasteiger partial charge in [0.25, 0.3) is 5.91 Å². The number of ether oxygens (including phenoxy) is 2. The fourth-order valence-electron chi connectivity index (χ4n) is 4.49. The first kappa shape index (κ1) is 21.4. The number of imidazole rings is 1. The minimum Gasteiger partial charge on any atom is -0.365 e. The number of piperidine rings is 1. The average Bonchev–Trinajstić information content (AvgIpc) is 3.34. The van der Waals surface area contributed by atoms with Crippen LogP contribution in [0, 0.1) is 0 Å². The Morgan fingerprint density at radius 1 is 1.31 bits per heavy atom. The lowest BCUT2D eigenvalue weighted by molar-refractivity contribution is -0.271. The predicted octanol–water partition coefficient (Wildman–Crippen LogP) is 2.19. The van der Waals surface area contributed by atoms with Gasteiger partial charge in [0.1, 0.15) is 10.7 Å². The van der Waals surface area contributed by atoms with Crippen molar-refractivity contribution in [3.63, 3.8) is 0 Å². The van der Waals surface area contributed by atoms with E-state index in [0.717, 1.165) is 17.0 Å². The van der Waals surface area contributed by atoms with Crippen molar-refractivity contribution < 1.29 is 32.2 Å². The van der Waals surface area contributed by atoms with E-state index in [1.807, 2.05) is 0 Å². The molecule has 0 radical (unpaired) electrons. The summed E-state index contributed by atoms with van der Waals surface area (Å²) in [4.78, 5) is 32.2. The normalized spacial score (nSPS) is 25.8. The number of halogens is 4. The Morgan fingerprint density at radius 3 is 2.72 bits per heavy atom. The van der Waals surface area contributed by atoms with Crippen LogP contribution in [0.25, 0.3) is 5.65 Å². The maximum atomic E-state index is 13.7. The van der Waals surface area contributed by atoms with Crippen molar-refractivity contribution >= 4 is 34.7 Å². The van der Waals surface area contributed by atoms with Crippen molar-refractivity contribution in [1.82, 2.24) is 19.2 Å². The van der Waals surface area contributed by atoms with Crippen LogP contribution < -0.4 is 5.32 Å². The largest absolute Gasteiger partial charge is 0.420 e. The summed E-state index contributed by atoms with van der Waals surface area (Å²) >= 11 is 6.33. The molecule has 2 aromatic heterocycles. The molecule has 2 amide bonds. The molecule has 4 fully saturated rings. The van der Waals surface area contributed by atoms with Crippen molar-refractivity contribution in [2.45, 2.75) is 37.9 Å². The van der Waals surface area contributed by atoms with Gasteiger partial charge in [0.2, 0.25) is 5.91 Å². The van der Waals surface area contributed by atoms with Gasteiger partial charge in [-0.05, 0) is 12.5 Å². The van der Waals surface area contributed by atoms with E-state index < -0.39 is 35.4 Å². The molecule has 3 unspecified atom stereocenters. The van der Waals surface area contributed by atoms with E-state index in [2.05, 4.69) is 15.2 Å². The molecule has 6 heterocycles. The number of rotatable bonds is 3. The van der Waals surface area contributed by atoms with Gasteiger partial charge in [0.05, 0.1) is 31.2 Å². The van der Waals surface area contributed by atoms with Gasteiger partial charge in [0.15, 0.2) is 17.6 Å². The SMILES string of the molecule is CC(=O)Nc1cc(C(F)(F)F)c2nc(C(=O)N3CCC4OC3C4N3CCOC3)c(Cl)n2c1. The van der Waals surface area contributed by atoms with Crippen LogP contribution >= 0.6 is 11.6 Å². The zero-order valence-corrected chi connectivity index (χ0v) is 17.6. The summed E-state index contributed by atoms with van der Waals surface area (Å²) in [6.07, 6.45) is -3.54. The predicted molar refractivity (Wildman–Crippen MR) is 105 cm³/mol. The van der Waals surface area contributed by atoms with Crippen molar-refractivity contribution in [2.75, 3.05) is 31.7 Å². The number of aromatic nitrogens is 2. The standard InChI is InChI=1S/C19H19ClF3N5O4/c1-9(29)24-10-6-11(19(21,22)23)16-25-13(15(20)28(16)7-10)17(30)27-3-2-12-14(18(27)32-12)26-4-5-31-8-26/h6-7,12,14,18H,2-5,8H2,1H3,(H,24,29). The third kappa shape index (κ3) is 3.41. The van der Waals surface area contributed by atoms with Gasteiger partial charge >= 0.3 is 6.18 Å². The fraction of sp³-hybridized carbons (Fsp3) is 0.526. The Balaban J connectivity index is 1.52. The Hall–Kier alpha value is -2.41. The maximum absolute atomic E-state index is 13.7. The first-order valence-electron chi connectivity index (χ1n) is 10.00. The summed E-state index contributed by atoms with van der Waals surface area (Å²) in [5.74, 6) is -1.16. The van der Waals surface area contributed by atoms with Crippen LogP contribution in [0.15, 0.2) is 12.3 Å². The van der Waals surface area contributed by atoms with Crippen LogP contribution in [-0.4, -0.2) is 75.8 Å². The molecule has 172 valence electrons. The number of hydrogen-bond acceptors (Lipinski definition) is 6. The van der Waals surface area contributed by atoms with Crippen LogP contribution in [-0.2, 0) is 20.4 Å². The second-order valence-electron chi connectivity index (χ2n) is 7.96. The zero-order chi connectivity index (χ0) is 22.8. The lowest BCUT2D eigenvalue weighted by atomic mass is 9.92. The van der Waals surface area contributed by atoms with Crippen molar-refractivity contribution in [3.8, 4) is 0 Å². The number of carbonyl (C=O) groups is 2. The third-order valence-corrected chi connectivity index (χ3v) is 6.26.